The Balaban J connectivity index is 2.64. The lowest BCUT2D eigenvalue weighted by Crippen LogP contribution is -2.44. The second-order valence-corrected chi connectivity index (χ2v) is 7.72. The number of likely N-dealkylation sites (N-methyl/N-ethyl adjacent to an activating group) is 1. The van der Waals surface area contributed by atoms with Crippen LogP contribution in [0.25, 0.3) is 0 Å². The summed E-state index contributed by atoms with van der Waals surface area (Å²) >= 11 is 0. The molecular weight excluding hydrogens is 252 g/mol. The fourth-order valence-corrected chi connectivity index (χ4v) is 4.34. The Hall–Kier alpha value is -0.170. The summed E-state index contributed by atoms with van der Waals surface area (Å²) in [6, 6.07) is 0. The van der Waals surface area contributed by atoms with Crippen molar-refractivity contribution in [3.05, 3.63) is 0 Å². The van der Waals surface area contributed by atoms with Crippen LogP contribution in [0.3, 0.4) is 0 Å². The van der Waals surface area contributed by atoms with Crippen LogP contribution in [0.5, 0.6) is 0 Å². The Morgan fingerprint density at radius 2 is 1.89 bits per heavy atom. The molecule has 2 N–H and O–H groups in total. The molecule has 0 aliphatic carbocycles. The van der Waals surface area contributed by atoms with E-state index >= 15 is 0 Å². The molecule has 0 aromatic heterocycles. The van der Waals surface area contributed by atoms with Gasteiger partial charge in [-0.15, -0.1) is 0 Å². The van der Waals surface area contributed by atoms with Gasteiger partial charge in [-0.3, -0.25) is 0 Å². The topological polar surface area (TPSA) is 69.6 Å². The molecule has 18 heavy (non-hydrogen) atoms. The van der Waals surface area contributed by atoms with Crippen LogP contribution in [-0.4, -0.2) is 55.4 Å². The molecule has 0 amide bonds. The van der Waals surface area contributed by atoms with Crippen molar-refractivity contribution in [3.8, 4) is 0 Å². The molecule has 1 fully saturated rings. The molecule has 0 radical (unpaired) electrons. The number of sulfonamides is 1. The van der Waals surface area contributed by atoms with Gasteiger partial charge in [0.2, 0.25) is 10.0 Å². The van der Waals surface area contributed by atoms with Gasteiger partial charge in [0.05, 0.1) is 11.4 Å². The van der Waals surface area contributed by atoms with Crippen molar-refractivity contribution in [2.45, 2.75) is 39.2 Å². The van der Waals surface area contributed by atoms with E-state index < -0.39 is 15.6 Å². The average molecular weight is 278 g/mol. The first kappa shape index (κ1) is 15.9. The molecule has 6 heteroatoms. The standard InChI is InChI=1S/C12H26N2O3S/c1-4-14(10-12(2,3)15)18(16,17)9-11-5-7-13-8-6-11/h11,13,15H,4-10H2,1-3H3. The van der Waals surface area contributed by atoms with E-state index in [1.165, 1.54) is 4.31 Å². The molecule has 108 valence electrons. The van der Waals surface area contributed by atoms with Crippen LogP contribution in [0, 0.1) is 5.92 Å². The highest BCUT2D eigenvalue weighted by atomic mass is 32.2. The van der Waals surface area contributed by atoms with Crippen molar-refractivity contribution in [2.24, 2.45) is 5.92 Å². The van der Waals surface area contributed by atoms with Gasteiger partial charge in [-0.1, -0.05) is 6.92 Å². The molecule has 1 aliphatic heterocycles. The van der Waals surface area contributed by atoms with Crippen molar-refractivity contribution in [1.82, 2.24) is 9.62 Å². The van der Waals surface area contributed by atoms with Crippen molar-refractivity contribution < 1.29 is 13.5 Å². The number of nitrogens with zero attached hydrogens (tertiary/aromatic N) is 1. The Labute approximate surface area is 111 Å². The van der Waals surface area contributed by atoms with Crippen LogP contribution in [0.15, 0.2) is 0 Å². The summed E-state index contributed by atoms with van der Waals surface area (Å²) in [7, 11) is -3.26. The predicted molar refractivity (Wildman–Crippen MR) is 72.9 cm³/mol. The van der Waals surface area contributed by atoms with Crippen molar-refractivity contribution in [1.29, 1.82) is 0 Å². The molecule has 0 spiro atoms. The van der Waals surface area contributed by atoms with Crippen molar-refractivity contribution in [2.75, 3.05) is 31.9 Å². The minimum Gasteiger partial charge on any atom is -0.389 e. The number of hydrogen-bond acceptors (Lipinski definition) is 4. The Morgan fingerprint density at radius 3 is 2.33 bits per heavy atom. The second kappa shape index (κ2) is 6.32. The van der Waals surface area contributed by atoms with E-state index in [0.29, 0.717) is 6.54 Å². The molecule has 0 unspecified atom stereocenters. The first-order chi connectivity index (χ1) is 8.24. The van der Waals surface area contributed by atoms with Gasteiger partial charge in [0.1, 0.15) is 0 Å². The third kappa shape index (κ3) is 5.22. The van der Waals surface area contributed by atoms with Crippen LogP contribution >= 0.6 is 0 Å². The number of rotatable bonds is 6. The van der Waals surface area contributed by atoms with Gasteiger partial charge >= 0.3 is 0 Å². The number of hydrogen-bond donors (Lipinski definition) is 2. The Morgan fingerprint density at radius 1 is 1.33 bits per heavy atom. The largest absolute Gasteiger partial charge is 0.389 e. The van der Waals surface area contributed by atoms with E-state index in [9.17, 15) is 13.5 Å². The molecular formula is C12H26N2O3S. The molecule has 1 rings (SSSR count). The number of aliphatic hydroxyl groups is 1. The fraction of sp³-hybridized carbons (Fsp3) is 1.00. The van der Waals surface area contributed by atoms with Crippen LogP contribution < -0.4 is 5.32 Å². The third-order valence-electron chi connectivity index (χ3n) is 3.21. The first-order valence-corrected chi connectivity index (χ1v) is 8.26. The summed E-state index contributed by atoms with van der Waals surface area (Å²) in [4.78, 5) is 0. The van der Waals surface area contributed by atoms with Gasteiger partial charge < -0.3 is 10.4 Å². The Bertz CT molecular complexity index is 343. The molecule has 1 heterocycles. The summed E-state index contributed by atoms with van der Waals surface area (Å²) in [5.41, 5.74) is -0.989. The van der Waals surface area contributed by atoms with E-state index in [4.69, 9.17) is 0 Å². The molecule has 0 aromatic rings. The zero-order valence-electron chi connectivity index (χ0n) is 11.6. The lowest BCUT2D eigenvalue weighted by molar-refractivity contribution is 0.0600. The lowest BCUT2D eigenvalue weighted by Gasteiger charge is -2.30. The van der Waals surface area contributed by atoms with Gasteiger partial charge in [0.25, 0.3) is 0 Å². The lowest BCUT2D eigenvalue weighted by atomic mass is 10.0. The quantitative estimate of drug-likeness (QED) is 0.738. The van der Waals surface area contributed by atoms with Gasteiger partial charge in [-0.25, -0.2) is 8.42 Å². The highest BCUT2D eigenvalue weighted by molar-refractivity contribution is 7.89. The maximum Gasteiger partial charge on any atom is 0.214 e. The summed E-state index contributed by atoms with van der Waals surface area (Å²) in [5.74, 6) is 0.450. The molecule has 0 aromatic carbocycles. The monoisotopic (exact) mass is 278 g/mol. The highest BCUT2D eigenvalue weighted by Crippen LogP contribution is 2.18. The number of piperidine rings is 1. The van der Waals surface area contributed by atoms with Gasteiger partial charge in [-0.05, 0) is 45.7 Å². The molecule has 0 bridgehead atoms. The zero-order chi connectivity index (χ0) is 13.8. The Kier molecular flexibility index (Phi) is 5.58. The fourth-order valence-electron chi connectivity index (χ4n) is 2.29. The van der Waals surface area contributed by atoms with Crippen LogP contribution in [0.1, 0.15) is 33.6 Å². The van der Waals surface area contributed by atoms with E-state index in [2.05, 4.69) is 5.32 Å². The van der Waals surface area contributed by atoms with E-state index in [1.807, 2.05) is 6.92 Å². The van der Waals surface area contributed by atoms with E-state index in [1.54, 1.807) is 13.8 Å². The second-order valence-electron chi connectivity index (χ2n) is 5.71. The average Bonchev–Trinajstić information content (AvgIpc) is 2.25. The molecule has 0 saturated carbocycles. The first-order valence-electron chi connectivity index (χ1n) is 6.65. The SMILES string of the molecule is CCN(CC(C)(C)O)S(=O)(=O)CC1CCNCC1. The maximum absolute atomic E-state index is 12.3. The predicted octanol–water partition coefficient (Wildman–Crippen LogP) is 0.409. The molecule has 5 nitrogen and oxygen atoms in total. The van der Waals surface area contributed by atoms with Crippen LogP contribution in [0.2, 0.25) is 0 Å². The summed E-state index contributed by atoms with van der Waals surface area (Å²) in [6.45, 7) is 7.46. The minimum absolute atomic E-state index is 0.163. The van der Waals surface area contributed by atoms with E-state index in [-0.39, 0.29) is 18.2 Å². The zero-order valence-corrected chi connectivity index (χ0v) is 12.5. The van der Waals surface area contributed by atoms with Gasteiger partial charge in [-0.2, -0.15) is 4.31 Å². The van der Waals surface area contributed by atoms with Crippen molar-refractivity contribution >= 4 is 10.0 Å². The van der Waals surface area contributed by atoms with Gasteiger partial charge in [0.15, 0.2) is 0 Å². The maximum atomic E-state index is 12.3. The summed E-state index contributed by atoms with van der Waals surface area (Å²) < 4.78 is 26.0. The van der Waals surface area contributed by atoms with Crippen molar-refractivity contribution in [3.63, 3.8) is 0 Å². The number of nitrogens with one attached hydrogen (secondary N) is 1. The van der Waals surface area contributed by atoms with Gasteiger partial charge in [0, 0.05) is 13.1 Å². The van der Waals surface area contributed by atoms with Crippen LogP contribution in [-0.2, 0) is 10.0 Å². The molecule has 1 saturated heterocycles. The minimum atomic E-state index is -3.26. The van der Waals surface area contributed by atoms with Crippen LogP contribution in [0.4, 0.5) is 0 Å². The third-order valence-corrected chi connectivity index (χ3v) is 5.28. The van der Waals surface area contributed by atoms with E-state index in [0.717, 1.165) is 25.9 Å². The normalized spacial score (nSPS) is 19.4. The highest BCUT2D eigenvalue weighted by Gasteiger charge is 2.29. The summed E-state index contributed by atoms with van der Waals surface area (Å²) in [6.07, 6.45) is 1.83. The molecule has 0 atom stereocenters. The summed E-state index contributed by atoms with van der Waals surface area (Å²) in [5, 5.41) is 13.0. The smallest absolute Gasteiger partial charge is 0.214 e. The molecule has 1 aliphatic rings.